The van der Waals surface area contributed by atoms with Crippen LogP contribution < -0.4 is 10.1 Å². The van der Waals surface area contributed by atoms with Gasteiger partial charge in [-0.2, -0.15) is 4.39 Å². The molecular weight excluding hydrogens is 371 g/mol. The Kier molecular flexibility index (Phi) is 7.02. The maximum absolute atomic E-state index is 13.3. The molecule has 2 aromatic carbocycles. The molecule has 0 radical (unpaired) electrons. The van der Waals surface area contributed by atoms with Crippen LogP contribution >= 0.6 is 0 Å². The Labute approximate surface area is 160 Å². The third-order valence-corrected chi connectivity index (χ3v) is 3.86. The number of nitro groups is 1. The lowest BCUT2D eigenvalue weighted by Gasteiger charge is -2.13. The number of carbonyl (C=O) groups is 2. The number of carbonyl (C=O) groups excluding carboxylic acids is 2. The summed E-state index contributed by atoms with van der Waals surface area (Å²) in [5.74, 6) is -1.55. The highest BCUT2D eigenvalue weighted by atomic mass is 19.1. The number of anilines is 1. The molecule has 0 heterocycles. The number of nitrogens with zero attached hydrogens (tertiary/aromatic N) is 1. The first-order chi connectivity index (χ1) is 13.3. The minimum Gasteiger partial charge on any atom is -0.497 e. The van der Waals surface area contributed by atoms with E-state index in [-0.39, 0.29) is 12.1 Å². The highest BCUT2D eigenvalue weighted by Crippen LogP contribution is 2.22. The number of nitro benzene ring substituents is 1. The number of benzene rings is 2. The number of nitrogens with one attached hydrogen (secondary N) is 1. The summed E-state index contributed by atoms with van der Waals surface area (Å²) in [5, 5.41) is 13.1. The van der Waals surface area contributed by atoms with Crippen molar-refractivity contribution in [3.63, 3.8) is 0 Å². The van der Waals surface area contributed by atoms with Gasteiger partial charge in [-0.3, -0.25) is 19.7 Å². The van der Waals surface area contributed by atoms with Crippen molar-refractivity contribution in [2.75, 3.05) is 12.4 Å². The molecule has 0 aliphatic heterocycles. The van der Waals surface area contributed by atoms with E-state index in [2.05, 4.69) is 5.32 Å². The maximum atomic E-state index is 13.3. The van der Waals surface area contributed by atoms with E-state index in [9.17, 15) is 24.1 Å². The quantitative estimate of drug-likeness (QED) is 0.421. The zero-order valence-electron chi connectivity index (χ0n) is 15.3. The molecular formula is C19H19FN2O6. The van der Waals surface area contributed by atoms with Crippen molar-refractivity contribution in [2.45, 2.75) is 25.9 Å². The molecule has 9 heteroatoms. The molecule has 8 nitrogen and oxygen atoms in total. The first-order valence-corrected chi connectivity index (χ1v) is 8.37. The van der Waals surface area contributed by atoms with Crippen molar-refractivity contribution in [3.05, 3.63) is 64.0 Å². The molecule has 0 aromatic heterocycles. The molecule has 0 bridgehead atoms. The molecule has 1 N–H and O–H groups in total. The molecule has 2 aromatic rings. The van der Waals surface area contributed by atoms with Gasteiger partial charge >= 0.3 is 11.7 Å². The van der Waals surface area contributed by atoms with Crippen LogP contribution in [-0.2, 0) is 20.7 Å². The highest BCUT2D eigenvalue weighted by Gasteiger charge is 2.20. The molecule has 0 saturated heterocycles. The molecule has 1 amide bonds. The van der Waals surface area contributed by atoms with Gasteiger partial charge in [0.1, 0.15) is 5.75 Å². The van der Waals surface area contributed by atoms with Crippen LogP contribution in [0.15, 0.2) is 42.5 Å². The molecule has 28 heavy (non-hydrogen) atoms. The number of hydrogen-bond acceptors (Lipinski definition) is 6. The predicted molar refractivity (Wildman–Crippen MR) is 98.6 cm³/mol. The number of ether oxygens (including phenoxy) is 2. The van der Waals surface area contributed by atoms with Crippen LogP contribution in [0.4, 0.5) is 15.8 Å². The molecule has 0 aliphatic rings. The van der Waals surface area contributed by atoms with Crippen LogP contribution in [-0.4, -0.2) is 30.0 Å². The minimum absolute atomic E-state index is 0.0271. The first kappa shape index (κ1) is 20.8. The Morgan fingerprint density at radius 1 is 1.21 bits per heavy atom. The number of halogens is 1. The maximum Gasteiger partial charge on any atom is 0.306 e. The van der Waals surface area contributed by atoms with E-state index < -0.39 is 34.4 Å². The van der Waals surface area contributed by atoms with Gasteiger partial charge in [0.15, 0.2) is 6.10 Å². The van der Waals surface area contributed by atoms with Crippen LogP contribution in [0.25, 0.3) is 0 Å². The number of hydrogen-bond donors (Lipinski definition) is 1. The van der Waals surface area contributed by atoms with Crippen LogP contribution in [0.5, 0.6) is 5.75 Å². The summed E-state index contributed by atoms with van der Waals surface area (Å²) in [7, 11) is 1.56. The van der Waals surface area contributed by atoms with Crippen molar-refractivity contribution in [3.8, 4) is 5.75 Å². The normalized spacial score (nSPS) is 11.4. The molecule has 0 aliphatic carbocycles. The summed E-state index contributed by atoms with van der Waals surface area (Å²) in [5.41, 5.74) is 0.176. The third kappa shape index (κ3) is 5.76. The summed E-state index contributed by atoms with van der Waals surface area (Å²) in [4.78, 5) is 33.9. The Bertz CT molecular complexity index is 869. The Balaban J connectivity index is 1.86. The van der Waals surface area contributed by atoms with Gasteiger partial charge in [0, 0.05) is 18.2 Å². The zero-order chi connectivity index (χ0) is 20.7. The topological polar surface area (TPSA) is 108 Å². The molecule has 2 rings (SSSR count). The fraction of sp³-hybridized carbons (Fsp3) is 0.263. The summed E-state index contributed by atoms with van der Waals surface area (Å²) in [6.07, 6.45) is -0.611. The van der Waals surface area contributed by atoms with Gasteiger partial charge < -0.3 is 14.8 Å². The van der Waals surface area contributed by atoms with Crippen LogP contribution in [0.1, 0.15) is 18.9 Å². The Hall–Kier alpha value is -3.49. The van der Waals surface area contributed by atoms with Crippen molar-refractivity contribution >= 4 is 23.3 Å². The minimum atomic E-state index is -1.12. The third-order valence-electron chi connectivity index (χ3n) is 3.86. The van der Waals surface area contributed by atoms with E-state index in [1.54, 1.807) is 19.2 Å². The second kappa shape index (κ2) is 9.45. The number of rotatable bonds is 8. The number of amides is 1. The van der Waals surface area contributed by atoms with Gasteiger partial charge in [0.05, 0.1) is 12.0 Å². The summed E-state index contributed by atoms with van der Waals surface area (Å²) < 4.78 is 23.4. The summed E-state index contributed by atoms with van der Waals surface area (Å²) in [6, 6.07) is 10.1. The monoisotopic (exact) mass is 390 g/mol. The smallest absolute Gasteiger partial charge is 0.306 e. The molecule has 1 unspecified atom stereocenters. The van der Waals surface area contributed by atoms with E-state index in [4.69, 9.17) is 9.47 Å². The van der Waals surface area contributed by atoms with Crippen molar-refractivity contribution in [1.82, 2.24) is 0 Å². The predicted octanol–water partition coefficient (Wildman–Crippen LogP) is 3.25. The van der Waals surface area contributed by atoms with Crippen molar-refractivity contribution in [1.29, 1.82) is 0 Å². The number of aryl methyl sites for hydroxylation is 1. The van der Waals surface area contributed by atoms with Gasteiger partial charge in [-0.05, 0) is 43.2 Å². The fourth-order valence-electron chi connectivity index (χ4n) is 2.32. The average molecular weight is 390 g/mol. The van der Waals surface area contributed by atoms with Crippen LogP contribution in [0.2, 0.25) is 0 Å². The number of methoxy groups -OCH3 is 1. The second-order valence-corrected chi connectivity index (χ2v) is 5.89. The fourth-order valence-corrected chi connectivity index (χ4v) is 2.32. The second-order valence-electron chi connectivity index (χ2n) is 5.89. The van der Waals surface area contributed by atoms with E-state index in [0.29, 0.717) is 12.2 Å². The van der Waals surface area contributed by atoms with Gasteiger partial charge in [0.2, 0.25) is 5.82 Å². The lowest BCUT2D eigenvalue weighted by Crippen LogP contribution is -2.30. The van der Waals surface area contributed by atoms with Gasteiger partial charge in [-0.15, -0.1) is 0 Å². The van der Waals surface area contributed by atoms with Crippen LogP contribution in [0, 0.1) is 15.9 Å². The van der Waals surface area contributed by atoms with E-state index in [1.807, 2.05) is 12.1 Å². The molecule has 0 spiro atoms. The SMILES string of the molecule is COc1ccc(CCC(=O)OC(C)C(=O)Nc2ccc(F)c([N+](=O)[O-])c2)cc1. The van der Waals surface area contributed by atoms with Gasteiger partial charge in [0.25, 0.3) is 5.91 Å². The molecule has 1 atom stereocenters. The largest absolute Gasteiger partial charge is 0.497 e. The van der Waals surface area contributed by atoms with Crippen molar-refractivity contribution in [2.24, 2.45) is 0 Å². The van der Waals surface area contributed by atoms with E-state index in [1.165, 1.54) is 13.0 Å². The standard InChI is InChI=1S/C19H19FN2O6/c1-12(19(24)21-14-6-9-16(20)17(11-14)22(25)26)28-18(23)10-5-13-3-7-15(27-2)8-4-13/h3-4,6-9,11-12H,5,10H2,1-2H3,(H,21,24). The molecule has 148 valence electrons. The molecule has 0 fully saturated rings. The van der Waals surface area contributed by atoms with Crippen molar-refractivity contribution < 1.29 is 28.4 Å². The first-order valence-electron chi connectivity index (χ1n) is 8.37. The Morgan fingerprint density at radius 3 is 2.50 bits per heavy atom. The summed E-state index contributed by atoms with van der Waals surface area (Å²) >= 11 is 0. The lowest BCUT2D eigenvalue weighted by molar-refractivity contribution is -0.387. The van der Waals surface area contributed by atoms with E-state index >= 15 is 0 Å². The van der Waals surface area contributed by atoms with E-state index in [0.717, 1.165) is 17.7 Å². The Morgan fingerprint density at radius 2 is 1.89 bits per heavy atom. The summed E-state index contributed by atoms with van der Waals surface area (Å²) in [6.45, 7) is 1.37. The van der Waals surface area contributed by atoms with Crippen LogP contribution in [0.3, 0.4) is 0 Å². The molecule has 0 saturated carbocycles. The van der Waals surface area contributed by atoms with Gasteiger partial charge in [-0.25, -0.2) is 0 Å². The zero-order valence-corrected chi connectivity index (χ0v) is 15.3. The lowest BCUT2D eigenvalue weighted by atomic mass is 10.1. The average Bonchev–Trinajstić information content (AvgIpc) is 2.67. The number of esters is 1. The van der Waals surface area contributed by atoms with Gasteiger partial charge in [-0.1, -0.05) is 12.1 Å². The highest BCUT2D eigenvalue weighted by molar-refractivity contribution is 5.95.